The number of thiophene rings is 1. The third-order valence-corrected chi connectivity index (χ3v) is 5.70. The van der Waals surface area contributed by atoms with Gasteiger partial charge in [0.05, 0.1) is 30.9 Å². The molecule has 0 atom stereocenters. The average Bonchev–Trinajstić information content (AvgIpc) is 2.93. The van der Waals surface area contributed by atoms with Crippen molar-refractivity contribution < 1.29 is 23.8 Å². The van der Waals surface area contributed by atoms with Crippen LogP contribution in [-0.2, 0) is 9.53 Å². The van der Waals surface area contributed by atoms with Gasteiger partial charge < -0.3 is 19.5 Å². The van der Waals surface area contributed by atoms with Gasteiger partial charge in [-0.1, -0.05) is 0 Å². The molecule has 1 aromatic heterocycles. The molecule has 0 spiro atoms. The maximum absolute atomic E-state index is 12.4. The highest BCUT2D eigenvalue weighted by molar-refractivity contribution is 9.10. The molecule has 28 heavy (non-hydrogen) atoms. The number of carbonyl (C=O) groups excluding carboxylic acids is 2. The molecule has 0 radical (unpaired) electrons. The number of amides is 1. The maximum Gasteiger partial charge on any atom is 0.341 e. The predicted molar refractivity (Wildman–Crippen MR) is 115 cm³/mol. The molecule has 8 heteroatoms. The highest BCUT2D eigenvalue weighted by atomic mass is 79.9. The van der Waals surface area contributed by atoms with E-state index in [9.17, 15) is 9.59 Å². The lowest BCUT2D eigenvalue weighted by atomic mass is 10.1. The summed E-state index contributed by atoms with van der Waals surface area (Å²) in [5.41, 5.74) is 1.97. The van der Waals surface area contributed by atoms with E-state index in [4.69, 9.17) is 14.2 Å². The number of benzene rings is 1. The summed E-state index contributed by atoms with van der Waals surface area (Å²) in [5, 5.41) is 3.25. The Balaban J connectivity index is 2.22. The van der Waals surface area contributed by atoms with Crippen LogP contribution in [-0.4, -0.2) is 32.7 Å². The Morgan fingerprint density at radius 3 is 2.54 bits per heavy atom. The number of esters is 1. The van der Waals surface area contributed by atoms with Crippen molar-refractivity contribution in [1.29, 1.82) is 0 Å². The van der Waals surface area contributed by atoms with Crippen molar-refractivity contribution in [2.75, 3.05) is 26.1 Å². The van der Waals surface area contributed by atoms with Crippen LogP contribution >= 0.6 is 27.3 Å². The van der Waals surface area contributed by atoms with Crippen molar-refractivity contribution in [2.24, 2.45) is 0 Å². The molecule has 1 heterocycles. The summed E-state index contributed by atoms with van der Waals surface area (Å²) in [6.07, 6.45) is 3.05. The van der Waals surface area contributed by atoms with Gasteiger partial charge in [-0.05, 0) is 66.0 Å². The van der Waals surface area contributed by atoms with Crippen molar-refractivity contribution in [3.05, 3.63) is 44.2 Å². The third kappa shape index (κ3) is 4.94. The molecular formula is C20H22BrNO5S. The number of aryl methyl sites for hydroxylation is 1. The van der Waals surface area contributed by atoms with E-state index in [0.717, 1.165) is 16.0 Å². The van der Waals surface area contributed by atoms with Crippen LogP contribution in [0.1, 0.15) is 33.3 Å². The Kier molecular flexibility index (Phi) is 7.65. The zero-order valence-corrected chi connectivity index (χ0v) is 18.7. The smallest absolute Gasteiger partial charge is 0.341 e. The van der Waals surface area contributed by atoms with Crippen molar-refractivity contribution in [1.82, 2.24) is 0 Å². The van der Waals surface area contributed by atoms with Gasteiger partial charge in [0.25, 0.3) is 0 Å². The number of nitrogens with one attached hydrogen (secondary N) is 1. The Bertz CT molecular complexity index is 920. The van der Waals surface area contributed by atoms with E-state index < -0.39 is 5.97 Å². The summed E-state index contributed by atoms with van der Waals surface area (Å²) in [6, 6.07) is 3.57. The fourth-order valence-electron chi connectivity index (χ4n) is 2.52. The van der Waals surface area contributed by atoms with Crippen LogP contribution in [0.3, 0.4) is 0 Å². The van der Waals surface area contributed by atoms with E-state index in [2.05, 4.69) is 21.2 Å². The van der Waals surface area contributed by atoms with Gasteiger partial charge in [0, 0.05) is 11.0 Å². The first kappa shape index (κ1) is 22.0. The number of rotatable bonds is 7. The van der Waals surface area contributed by atoms with Crippen LogP contribution in [0.15, 0.2) is 22.7 Å². The van der Waals surface area contributed by atoms with Crippen molar-refractivity contribution in [2.45, 2.75) is 20.8 Å². The Morgan fingerprint density at radius 2 is 1.93 bits per heavy atom. The monoisotopic (exact) mass is 467 g/mol. The average molecular weight is 468 g/mol. The van der Waals surface area contributed by atoms with Gasteiger partial charge in [0.1, 0.15) is 5.00 Å². The maximum atomic E-state index is 12.4. The predicted octanol–water partition coefficient (Wildman–Crippen LogP) is 4.97. The second kappa shape index (κ2) is 9.75. The molecule has 0 saturated carbocycles. The number of hydrogen-bond donors (Lipinski definition) is 1. The van der Waals surface area contributed by atoms with Crippen LogP contribution in [0.4, 0.5) is 5.00 Å². The zero-order valence-electron chi connectivity index (χ0n) is 16.3. The summed E-state index contributed by atoms with van der Waals surface area (Å²) in [5.74, 6) is 0.337. The number of halogens is 1. The number of methoxy groups -OCH3 is 2. The molecule has 0 fully saturated rings. The van der Waals surface area contributed by atoms with Gasteiger partial charge in [-0.15, -0.1) is 11.3 Å². The minimum absolute atomic E-state index is 0.272. The van der Waals surface area contributed by atoms with Crippen molar-refractivity contribution in [3.8, 4) is 11.5 Å². The summed E-state index contributed by atoms with van der Waals surface area (Å²) < 4.78 is 16.4. The fraction of sp³-hybridized carbons (Fsp3) is 0.300. The lowest BCUT2D eigenvalue weighted by Gasteiger charge is -2.10. The first-order valence-electron chi connectivity index (χ1n) is 8.50. The molecule has 150 valence electrons. The SMILES string of the molecule is CCOC(=O)c1c(NC(=O)C=Cc2cc(Br)c(OC)c(OC)c2)sc(C)c1C. The van der Waals surface area contributed by atoms with E-state index in [1.807, 2.05) is 19.9 Å². The molecule has 2 aromatic rings. The first-order chi connectivity index (χ1) is 13.3. The van der Waals surface area contributed by atoms with E-state index in [1.54, 1.807) is 33.3 Å². The zero-order chi connectivity index (χ0) is 20.8. The molecule has 0 aliphatic heterocycles. The van der Waals surface area contributed by atoms with Crippen molar-refractivity contribution >= 4 is 50.2 Å². The minimum atomic E-state index is -0.438. The van der Waals surface area contributed by atoms with Crippen LogP contribution in [0.5, 0.6) is 11.5 Å². The molecule has 0 bridgehead atoms. The quantitative estimate of drug-likeness (QED) is 0.459. The molecule has 2 rings (SSSR count). The number of ether oxygens (including phenoxy) is 3. The molecule has 0 aliphatic rings. The van der Waals surface area contributed by atoms with Crippen LogP contribution in [0, 0.1) is 13.8 Å². The number of hydrogen-bond acceptors (Lipinski definition) is 6. The van der Waals surface area contributed by atoms with Gasteiger partial charge in [0.2, 0.25) is 5.91 Å². The molecule has 0 aliphatic carbocycles. The molecule has 6 nitrogen and oxygen atoms in total. The number of carbonyl (C=O) groups is 2. The van der Waals surface area contributed by atoms with Crippen molar-refractivity contribution in [3.63, 3.8) is 0 Å². The largest absolute Gasteiger partial charge is 0.493 e. The summed E-state index contributed by atoms with van der Waals surface area (Å²) in [7, 11) is 3.10. The van der Waals surface area contributed by atoms with E-state index in [-0.39, 0.29) is 12.5 Å². The molecule has 1 N–H and O–H groups in total. The molecule has 1 aromatic carbocycles. The van der Waals surface area contributed by atoms with Gasteiger partial charge in [0.15, 0.2) is 11.5 Å². The van der Waals surface area contributed by atoms with E-state index in [0.29, 0.717) is 26.5 Å². The highest BCUT2D eigenvalue weighted by Crippen LogP contribution is 2.37. The van der Waals surface area contributed by atoms with Crippen LogP contribution < -0.4 is 14.8 Å². The molecular weight excluding hydrogens is 446 g/mol. The first-order valence-corrected chi connectivity index (χ1v) is 10.1. The van der Waals surface area contributed by atoms with Gasteiger partial charge >= 0.3 is 5.97 Å². The second-order valence-corrected chi connectivity index (χ2v) is 7.85. The lowest BCUT2D eigenvalue weighted by molar-refractivity contribution is -0.111. The summed E-state index contributed by atoms with van der Waals surface area (Å²) in [6.45, 7) is 5.75. The van der Waals surface area contributed by atoms with Gasteiger partial charge in [-0.25, -0.2) is 4.79 Å². The minimum Gasteiger partial charge on any atom is -0.493 e. The van der Waals surface area contributed by atoms with Gasteiger partial charge in [-0.2, -0.15) is 0 Å². The van der Waals surface area contributed by atoms with Gasteiger partial charge in [-0.3, -0.25) is 4.79 Å². The second-order valence-electron chi connectivity index (χ2n) is 5.77. The molecule has 0 unspecified atom stereocenters. The summed E-state index contributed by atoms with van der Waals surface area (Å²) >= 11 is 4.77. The topological polar surface area (TPSA) is 73.9 Å². The Hall–Kier alpha value is -2.32. The summed E-state index contributed by atoms with van der Waals surface area (Å²) in [4.78, 5) is 25.6. The highest BCUT2D eigenvalue weighted by Gasteiger charge is 2.21. The standard InChI is InChI=1S/C20H22BrNO5S/c1-6-27-20(24)17-11(2)12(3)28-19(17)22-16(23)8-7-13-9-14(21)18(26-5)15(10-13)25-4/h7-10H,6H2,1-5H3,(H,22,23). The van der Waals surface area contributed by atoms with Crippen LogP contribution in [0.25, 0.3) is 6.08 Å². The fourth-order valence-corrected chi connectivity index (χ4v) is 4.20. The van der Waals surface area contributed by atoms with E-state index in [1.165, 1.54) is 17.4 Å². The molecule has 1 amide bonds. The molecule has 0 saturated heterocycles. The van der Waals surface area contributed by atoms with E-state index >= 15 is 0 Å². The third-order valence-electron chi connectivity index (χ3n) is 3.98. The van der Waals surface area contributed by atoms with Crippen LogP contribution in [0.2, 0.25) is 0 Å². The lowest BCUT2D eigenvalue weighted by Crippen LogP contribution is -2.12. The Morgan fingerprint density at radius 1 is 1.21 bits per heavy atom. The number of anilines is 1. The normalized spacial score (nSPS) is 10.8. The Labute approximate surface area is 176 Å².